The molecule has 2 saturated heterocycles. The molecule has 1 unspecified atom stereocenters. The molecule has 3 N–H and O–H groups in total. The number of hydrazine groups is 1. The molecule has 15 heteroatoms. The van der Waals surface area contributed by atoms with Gasteiger partial charge in [-0.15, -0.1) is 0 Å². The number of rotatable bonds is 13. The zero-order valence-electron chi connectivity index (χ0n) is 43.8. The first-order valence-corrected chi connectivity index (χ1v) is 25.8. The summed E-state index contributed by atoms with van der Waals surface area (Å²) in [7, 11) is 7.47. The summed E-state index contributed by atoms with van der Waals surface area (Å²) in [6.07, 6.45) is 4.80. The standard InChI is InChI=1S/C57H75N7O8/c1-11-50(66)62-30-45(37-16-17-37)46(31-62)54(68)61(9)51(34(3)4)53(67)58-48-25-36-23-39(26-41(65)24-36)38-18-20-49-43(27-38)44(28-57(5,6)33-72-56(70)47-14-13-21-64(59-47)55(48)69)52(63(49)12-2)42-19-15-35(32-71-10)22-40(42)29-60(7)8/h11,15,18-20,22-24,26-27,34,37,45-48,51,59,65H,1,12-14,16-17,21,25,28-33H2,2-10H3,(H,58,67)/t45?,46-,47+,48+,51+/m1/s1. The second-order valence-electron chi connectivity index (χ2n) is 22.1. The van der Waals surface area contributed by atoms with E-state index < -0.39 is 47.2 Å². The first kappa shape index (κ1) is 52.3. The SMILES string of the molecule is C=CC(=O)N1CC(C2CC2)[C@H](C(=O)N(C)[C@H](C(=O)N[C@H]2Cc3cc(O)cc(c3)-c3ccc4c(c3)c(c(-c3ccc(COC)cc3CN(C)C)n4CC)CC(C)(C)COC(=O)[C@@H]3CCCN(N3)C2=O)C(C)C)C1. The molecule has 4 aromatic rings. The lowest BCUT2D eigenvalue weighted by Gasteiger charge is -2.37. The van der Waals surface area contributed by atoms with Crippen LogP contribution >= 0.6 is 0 Å². The van der Waals surface area contributed by atoms with E-state index in [9.17, 15) is 29.1 Å². The Morgan fingerprint density at radius 1 is 1.01 bits per heavy atom. The van der Waals surface area contributed by atoms with Crippen molar-refractivity contribution in [2.24, 2.45) is 29.1 Å². The van der Waals surface area contributed by atoms with Crippen LogP contribution in [0.5, 0.6) is 5.75 Å². The molecule has 3 fully saturated rings. The molecular weight excluding hydrogens is 911 g/mol. The van der Waals surface area contributed by atoms with Gasteiger partial charge in [0.2, 0.25) is 17.7 Å². The summed E-state index contributed by atoms with van der Waals surface area (Å²) in [5, 5.41) is 17.0. The average Bonchev–Trinajstić information content (AvgIpc) is 4.02. The van der Waals surface area contributed by atoms with Crippen molar-refractivity contribution in [3.8, 4) is 28.1 Å². The van der Waals surface area contributed by atoms with Gasteiger partial charge in [0, 0.05) is 75.2 Å². The Bertz CT molecular complexity index is 2720. The van der Waals surface area contributed by atoms with Gasteiger partial charge in [0.05, 0.1) is 24.8 Å². The molecule has 1 aliphatic carbocycles. The lowest BCUT2D eigenvalue weighted by molar-refractivity contribution is -0.155. The molecule has 72 heavy (non-hydrogen) atoms. The van der Waals surface area contributed by atoms with Gasteiger partial charge in [0.1, 0.15) is 23.9 Å². The zero-order chi connectivity index (χ0) is 51.8. The molecule has 3 aliphatic heterocycles. The molecule has 4 aliphatic rings. The van der Waals surface area contributed by atoms with Crippen molar-refractivity contribution in [1.82, 2.24) is 35.0 Å². The Kier molecular flexibility index (Phi) is 15.7. The van der Waals surface area contributed by atoms with E-state index in [1.54, 1.807) is 31.2 Å². The van der Waals surface area contributed by atoms with E-state index >= 15 is 0 Å². The van der Waals surface area contributed by atoms with Gasteiger partial charge < -0.3 is 39.2 Å². The maximum Gasteiger partial charge on any atom is 0.324 e. The lowest BCUT2D eigenvalue weighted by atomic mass is 9.83. The number of carbonyl (C=O) groups is 5. The molecule has 3 aromatic carbocycles. The number of aromatic nitrogens is 1. The topological polar surface area (TPSA) is 166 Å². The van der Waals surface area contributed by atoms with E-state index in [2.05, 4.69) is 98.1 Å². The summed E-state index contributed by atoms with van der Waals surface area (Å²) >= 11 is 0. The van der Waals surface area contributed by atoms with Gasteiger partial charge in [-0.2, -0.15) is 0 Å². The number of hydrogen-bond acceptors (Lipinski definition) is 10. The quantitative estimate of drug-likeness (QED) is 0.0969. The number of hydrogen-bond donors (Lipinski definition) is 3. The van der Waals surface area contributed by atoms with Crippen LogP contribution in [0.1, 0.15) is 82.6 Å². The Labute approximate surface area is 424 Å². The van der Waals surface area contributed by atoms with Crippen LogP contribution in [-0.2, 0) is 66.0 Å². The fourth-order valence-corrected chi connectivity index (χ4v) is 11.6. The maximum absolute atomic E-state index is 14.9. The highest BCUT2D eigenvalue weighted by atomic mass is 16.5. The van der Waals surface area contributed by atoms with E-state index in [1.807, 2.05) is 19.9 Å². The first-order chi connectivity index (χ1) is 34.3. The molecule has 4 heterocycles. The number of likely N-dealkylation sites (tertiary alicyclic amines) is 1. The summed E-state index contributed by atoms with van der Waals surface area (Å²) in [5.41, 5.74) is 11.4. The van der Waals surface area contributed by atoms with Crippen LogP contribution in [0.25, 0.3) is 33.3 Å². The highest BCUT2D eigenvalue weighted by Gasteiger charge is 2.49. The Morgan fingerprint density at radius 3 is 2.46 bits per heavy atom. The first-order valence-electron chi connectivity index (χ1n) is 25.8. The number of carbonyl (C=O) groups excluding carboxylic acids is 5. The molecule has 386 valence electrons. The zero-order valence-corrected chi connectivity index (χ0v) is 43.8. The fraction of sp³-hybridized carbons (Fsp3) is 0.526. The third kappa shape index (κ3) is 11.1. The third-order valence-electron chi connectivity index (χ3n) is 15.1. The molecule has 1 aromatic heterocycles. The third-order valence-corrected chi connectivity index (χ3v) is 15.1. The number of aromatic hydroxyl groups is 1. The summed E-state index contributed by atoms with van der Waals surface area (Å²) < 4.78 is 14.1. The van der Waals surface area contributed by atoms with Crippen LogP contribution in [0, 0.1) is 29.1 Å². The van der Waals surface area contributed by atoms with Crippen LogP contribution in [-0.4, -0.2) is 132 Å². The lowest BCUT2D eigenvalue weighted by Crippen LogP contribution is -2.62. The molecule has 4 amide bonds. The van der Waals surface area contributed by atoms with Crippen molar-refractivity contribution in [2.45, 2.75) is 111 Å². The van der Waals surface area contributed by atoms with Gasteiger partial charge in [-0.1, -0.05) is 64.6 Å². The van der Waals surface area contributed by atoms with E-state index in [0.29, 0.717) is 57.0 Å². The molecule has 8 rings (SSSR count). The molecule has 5 atom stereocenters. The normalized spacial score (nSPS) is 21.9. The highest BCUT2D eigenvalue weighted by Crippen LogP contribution is 2.45. The molecule has 0 spiro atoms. The van der Waals surface area contributed by atoms with Crippen molar-refractivity contribution in [1.29, 1.82) is 0 Å². The number of benzene rings is 3. The number of phenolic OH excluding ortho intramolecular Hbond substituents is 1. The van der Waals surface area contributed by atoms with Crippen molar-refractivity contribution in [2.75, 3.05) is 54.5 Å². The number of methoxy groups -OCH3 is 1. The van der Waals surface area contributed by atoms with Gasteiger partial charge in [-0.25, -0.2) is 5.43 Å². The molecule has 1 saturated carbocycles. The van der Waals surface area contributed by atoms with Crippen LogP contribution in [0.15, 0.2) is 67.3 Å². The highest BCUT2D eigenvalue weighted by molar-refractivity contribution is 5.96. The Hall–Kier alpha value is -6.03. The van der Waals surface area contributed by atoms with E-state index in [1.165, 1.54) is 16.0 Å². The van der Waals surface area contributed by atoms with Crippen molar-refractivity contribution < 1.29 is 38.6 Å². The van der Waals surface area contributed by atoms with E-state index in [-0.39, 0.29) is 55.5 Å². The van der Waals surface area contributed by atoms with Crippen LogP contribution < -0.4 is 10.7 Å². The second kappa shape index (κ2) is 21.6. The predicted octanol–water partition coefficient (Wildman–Crippen LogP) is 6.71. The van der Waals surface area contributed by atoms with Gasteiger partial charge in [-0.05, 0) is 135 Å². The summed E-state index contributed by atoms with van der Waals surface area (Å²) in [6, 6.07) is 15.3. The van der Waals surface area contributed by atoms with Crippen LogP contribution in [0.3, 0.4) is 0 Å². The minimum absolute atomic E-state index is 0.00148. The van der Waals surface area contributed by atoms with Crippen molar-refractivity contribution in [3.05, 3.63) is 89.5 Å². The number of amides is 4. The van der Waals surface area contributed by atoms with Gasteiger partial charge in [0.15, 0.2) is 0 Å². The minimum Gasteiger partial charge on any atom is -0.508 e. The summed E-state index contributed by atoms with van der Waals surface area (Å²) in [6.45, 7) is 16.8. The second-order valence-corrected chi connectivity index (χ2v) is 22.1. The summed E-state index contributed by atoms with van der Waals surface area (Å²) in [5.74, 6) is -2.36. The Morgan fingerprint density at radius 2 is 1.78 bits per heavy atom. The maximum atomic E-state index is 14.9. The monoisotopic (exact) mass is 986 g/mol. The Balaban J connectivity index is 1.20. The number of nitrogens with zero attached hydrogens (tertiary/aromatic N) is 5. The van der Waals surface area contributed by atoms with Gasteiger partial charge in [0.25, 0.3) is 5.91 Å². The smallest absolute Gasteiger partial charge is 0.324 e. The van der Waals surface area contributed by atoms with E-state index in [0.717, 1.165) is 62.8 Å². The number of phenols is 1. The van der Waals surface area contributed by atoms with Crippen molar-refractivity contribution >= 4 is 40.5 Å². The molecule has 0 radical (unpaired) electrons. The van der Waals surface area contributed by atoms with Crippen molar-refractivity contribution in [3.63, 3.8) is 0 Å². The number of cyclic esters (lactones) is 1. The molecular formula is C57H75N7O8. The predicted molar refractivity (Wildman–Crippen MR) is 278 cm³/mol. The number of esters is 1. The minimum atomic E-state index is -1.16. The van der Waals surface area contributed by atoms with Crippen LogP contribution in [0.4, 0.5) is 0 Å². The van der Waals surface area contributed by atoms with Gasteiger partial charge in [-0.3, -0.25) is 29.0 Å². The molecule has 15 nitrogen and oxygen atoms in total. The number of fused-ring (bicyclic) bond motifs is 6. The fourth-order valence-electron chi connectivity index (χ4n) is 11.6. The van der Waals surface area contributed by atoms with E-state index in [4.69, 9.17) is 9.47 Å². The van der Waals surface area contributed by atoms with Gasteiger partial charge >= 0.3 is 5.97 Å². The molecule has 6 bridgehead atoms. The van der Waals surface area contributed by atoms with Crippen LogP contribution in [0.2, 0.25) is 0 Å². The summed E-state index contributed by atoms with van der Waals surface area (Å²) in [4.78, 5) is 76.3. The average molecular weight is 986 g/mol. The number of nitrogens with one attached hydrogen (secondary N) is 2. The number of likely N-dealkylation sites (N-methyl/N-ethyl adjacent to an activating group) is 1. The number of aryl methyl sites for hydroxylation is 1. The largest absolute Gasteiger partial charge is 0.508 e. The number of ether oxygens (including phenoxy) is 2.